The van der Waals surface area contributed by atoms with Crippen molar-refractivity contribution in [3.63, 3.8) is 0 Å². The third-order valence-electron chi connectivity index (χ3n) is 3.33. The maximum Gasteiger partial charge on any atom is 0.263 e. The van der Waals surface area contributed by atoms with Gasteiger partial charge in [0.25, 0.3) is 5.91 Å². The summed E-state index contributed by atoms with van der Waals surface area (Å²) < 4.78 is 12.9. The van der Waals surface area contributed by atoms with Crippen LogP contribution < -0.4 is 10.6 Å². The first kappa shape index (κ1) is 17.6. The molecule has 23 heavy (non-hydrogen) atoms. The number of thiazole rings is 1. The van der Waals surface area contributed by atoms with Gasteiger partial charge in [-0.25, -0.2) is 9.37 Å². The minimum absolute atomic E-state index is 0.0799. The highest BCUT2D eigenvalue weighted by atomic mass is 32.1. The van der Waals surface area contributed by atoms with Gasteiger partial charge in [0.15, 0.2) is 0 Å². The van der Waals surface area contributed by atoms with Crippen LogP contribution >= 0.6 is 11.3 Å². The molecule has 1 amide bonds. The molecule has 0 saturated heterocycles. The van der Waals surface area contributed by atoms with E-state index in [-0.39, 0.29) is 11.7 Å². The van der Waals surface area contributed by atoms with Gasteiger partial charge in [0.05, 0.1) is 10.7 Å². The fourth-order valence-electron chi connectivity index (χ4n) is 2.16. The van der Waals surface area contributed by atoms with E-state index in [2.05, 4.69) is 22.5 Å². The lowest BCUT2D eigenvalue weighted by Crippen LogP contribution is -2.32. The highest BCUT2D eigenvalue weighted by Gasteiger charge is 2.15. The average molecular weight is 335 g/mol. The Morgan fingerprint density at radius 3 is 2.65 bits per heavy atom. The van der Waals surface area contributed by atoms with Gasteiger partial charge in [-0.2, -0.15) is 0 Å². The molecule has 0 radical (unpaired) electrons. The summed E-state index contributed by atoms with van der Waals surface area (Å²) in [5.74, 6) is -0.329. The molecule has 0 unspecified atom stereocenters. The summed E-state index contributed by atoms with van der Waals surface area (Å²) in [5.41, 5.74) is 1.72. The highest BCUT2D eigenvalue weighted by molar-refractivity contribution is 7.13. The molecule has 2 N–H and O–H groups in total. The molecule has 0 saturated carbocycles. The second-order valence-electron chi connectivity index (χ2n) is 5.33. The zero-order valence-electron chi connectivity index (χ0n) is 13.5. The maximum atomic E-state index is 12.9. The summed E-state index contributed by atoms with van der Waals surface area (Å²) in [6.07, 6.45) is 1.69. The van der Waals surface area contributed by atoms with Crippen molar-refractivity contribution in [2.24, 2.45) is 0 Å². The summed E-state index contributed by atoms with van der Waals surface area (Å²) in [7, 11) is 0. The van der Waals surface area contributed by atoms with Crippen LogP contribution in [0.5, 0.6) is 0 Å². The van der Waals surface area contributed by atoms with Crippen LogP contribution in [-0.2, 0) is 6.42 Å². The summed E-state index contributed by atoms with van der Waals surface area (Å²) in [6.45, 7) is 6.27. The largest absolute Gasteiger partial charge is 0.350 e. The van der Waals surface area contributed by atoms with Crippen LogP contribution in [0.1, 0.15) is 39.3 Å². The zero-order chi connectivity index (χ0) is 16.7. The summed E-state index contributed by atoms with van der Waals surface area (Å²) in [5, 5.41) is 7.01. The van der Waals surface area contributed by atoms with E-state index < -0.39 is 0 Å². The van der Waals surface area contributed by atoms with Gasteiger partial charge in [-0.15, -0.1) is 11.3 Å². The molecule has 0 fully saturated rings. The molecular weight excluding hydrogens is 313 g/mol. The Morgan fingerprint density at radius 2 is 1.96 bits per heavy atom. The van der Waals surface area contributed by atoms with Gasteiger partial charge in [0.1, 0.15) is 10.7 Å². The molecule has 0 aliphatic heterocycles. The molecule has 6 heteroatoms. The number of hydrogen-bond donors (Lipinski definition) is 2. The van der Waals surface area contributed by atoms with Crippen molar-refractivity contribution < 1.29 is 9.18 Å². The molecule has 0 aliphatic carbocycles. The number of halogens is 1. The number of carbonyl (C=O) groups is 1. The van der Waals surface area contributed by atoms with Gasteiger partial charge >= 0.3 is 0 Å². The van der Waals surface area contributed by atoms with Crippen LogP contribution in [0.2, 0.25) is 0 Å². The monoisotopic (exact) mass is 335 g/mol. The number of rotatable bonds is 8. The van der Waals surface area contributed by atoms with Crippen LogP contribution in [0.25, 0.3) is 0 Å². The van der Waals surface area contributed by atoms with E-state index in [9.17, 15) is 9.18 Å². The summed E-state index contributed by atoms with van der Waals surface area (Å²) >= 11 is 1.40. The first-order chi connectivity index (χ1) is 11.1. The lowest BCUT2D eigenvalue weighted by atomic mass is 10.1. The van der Waals surface area contributed by atoms with Crippen molar-refractivity contribution in [2.45, 2.75) is 26.7 Å². The van der Waals surface area contributed by atoms with Crippen LogP contribution in [-0.4, -0.2) is 30.5 Å². The molecule has 0 atom stereocenters. The molecule has 1 aromatic heterocycles. The van der Waals surface area contributed by atoms with Gasteiger partial charge in [0, 0.05) is 19.5 Å². The Kier molecular flexibility index (Phi) is 6.67. The highest BCUT2D eigenvalue weighted by Crippen LogP contribution is 2.21. The molecule has 2 rings (SSSR count). The predicted molar refractivity (Wildman–Crippen MR) is 91.6 cm³/mol. The smallest absolute Gasteiger partial charge is 0.263 e. The van der Waals surface area contributed by atoms with E-state index in [1.807, 2.05) is 6.92 Å². The van der Waals surface area contributed by atoms with Gasteiger partial charge in [-0.05, 0) is 37.6 Å². The Labute approximate surface area is 140 Å². The Bertz CT molecular complexity index is 640. The lowest BCUT2D eigenvalue weighted by molar-refractivity contribution is 0.0957. The summed E-state index contributed by atoms with van der Waals surface area (Å²) in [6, 6.07) is 6.36. The molecule has 124 valence electrons. The number of amides is 1. The predicted octanol–water partition coefficient (Wildman–Crippen LogP) is 2.91. The number of carbonyl (C=O) groups excluding carboxylic acids is 1. The molecule has 1 aromatic carbocycles. The number of benzene rings is 1. The van der Waals surface area contributed by atoms with Gasteiger partial charge in [-0.3, -0.25) is 4.79 Å². The Hall–Kier alpha value is -1.79. The van der Waals surface area contributed by atoms with Gasteiger partial charge < -0.3 is 10.6 Å². The van der Waals surface area contributed by atoms with Gasteiger partial charge in [-0.1, -0.05) is 19.1 Å². The van der Waals surface area contributed by atoms with E-state index in [0.717, 1.165) is 35.8 Å². The van der Waals surface area contributed by atoms with Gasteiger partial charge in [0.2, 0.25) is 0 Å². The SMILES string of the molecule is CCCNCCNC(=O)c1sc(Cc2ccc(F)cc2)nc1C. The van der Waals surface area contributed by atoms with Crippen molar-refractivity contribution >= 4 is 17.2 Å². The van der Waals surface area contributed by atoms with Crippen molar-refractivity contribution in [3.05, 3.63) is 51.2 Å². The molecular formula is C17H22FN3OS. The number of nitrogens with one attached hydrogen (secondary N) is 2. The molecule has 0 spiro atoms. The maximum absolute atomic E-state index is 12.9. The van der Waals surface area contributed by atoms with E-state index in [4.69, 9.17) is 0 Å². The number of aryl methyl sites for hydroxylation is 1. The molecule has 1 heterocycles. The Balaban J connectivity index is 1.92. The summed E-state index contributed by atoms with van der Waals surface area (Å²) in [4.78, 5) is 17.3. The number of aromatic nitrogens is 1. The van der Waals surface area contributed by atoms with E-state index in [0.29, 0.717) is 17.8 Å². The standard InChI is InChI=1S/C17H22FN3OS/c1-3-8-19-9-10-20-17(22)16-12(2)21-15(23-16)11-13-4-6-14(18)7-5-13/h4-7,19H,3,8-11H2,1-2H3,(H,20,22). The van der Waals surface area contributed by atoms with E-state index in [1.54, 1.807) is 12.1 Å². The van der Waals surface area contributed by atoms with Crippen molar-refractivity contribution in [1.29, 1.82) is 0 Å². The second kappa shape index (κ2) is 8.74. The van der Waals surface area contributed by atoms with E-state index >= 15 is 0 Å². The third-order valence-corrected chi connectivity index (χ3v) is 4.49. The quantitative estimate of drug-likeness (QED) is 0.729. The van der Waals surface area contributed by atoms with Crippen LogP contribution in [0.4, 0.5) is 4.39 Å². The van der Waals surface area contributed by atoms with Crippen molar-refractivity contribution in [2.75, 3.05) is 19.6 Å². The molecule has 2 aromatic rings. The third kappa shape index (κ3) is 5.41. The van der Waals surface area contributed by atoms with Crippen molar-refractivity contribution in [1.82, 2.24) is 15.6 Å². The number of hydrogen-bond acceptors (Lipinski definition) is 4. The topological polar surface area (TPSA) is 54.0 Å². The molecule has 0 aliphatic rings. The minimum Gasteiger partial charge on any atom is -0.350 e. The first-order valence-electron chi connectivity index (χ1n) is 7.79. The van der Waals surface area contributed by atoms with E-state index in [1.165, 1.54) is 23.5 Å². The minimum atomic E-state index is -0.249. The van der Waals surface area contributed by atoms with Crippen LogP contribution in [0.15, 0.2) is 24.3 Å². The zero-order valence-corrected chi connectivity index (χ0v) is 14.3. The average Bonchev–Trinajstić information content (AvgIpc) is 2.90. The van der Waals surface area contributed by atoms with Crippen molar-refractivity contribution in [3.8, 4) is 0 Å². The second-order valence-corrected chi connectivity index (χ2v) is 6.41. The van der Waals surface area contributed by atoms with Crippen LogP contribution in [0.3, 0.4) is 0 Å². The fraction of sp³-hybridized carbons (Fsp3) is 0.412. The molecule has 0 bridgehead atoms. The Morgan fingerprint density at radius 1 is 1.22 bits per heavy atom. The lowest BCUT2D eigenvalue weighted by Gasteiger charge is -2.04. The molecule has 4 nitrogen and oxygen atoms in total. The fourth-order valence-corrected chi connectivity index (χ4v) is 3.18. The first-order valence-corrected chi connectivity index (χ1v) is 8.61. The number of nitrogens with zero attached hydrogens (tertiary/aromatic N) is 1. The normalized spacial score (nSPS) is 10.7. The van der Waals surface area contributed by atoms with Crippen LogP contribution in [0, 0.1) is 12.7 Å².